The van der Waals surface area contributed by atoms with Crippen LogP contribution < -0.4 is 20.9 Å². The van der Waals surface area contributed by atoms with Gasteiger partial charge in [-0.3, -0.25) is 39.2 Å². The number of piperidine rings is 1. The molecule has 49 heavy (non-hydrogen) atoms. The number of anilines is 2. The van der Waals surface area contributed by atoms with Crippen molar-refractivity contribution in [2.45, 2.75) is 44.6 Å². The monoisotopic (exact) mass is 688 g/mol. The van der Waals surface area contributed by atoms with E-state index in [2.05, 4.69) is 30.9 Å². The third kappa shape index (κ3) is 8.29. The Balaban J connectivity index is 0.000000698. The van der Waals surface area contributed by atoms with Gasteiger partial charge in [0.1, 0.15) is 17.6 Å². The Morgan fingerprint density at radius 1 is 1.06 bits per heavy atom. The van der Waals surface area contributed by atoms with Gasteiger partial charge in [0.25, 0.3) is 5.91 Å². The molecule has 0 aliphatic carbocycles. The molecule has 3 aromatic rings. The van der Waals surface area contributed by atoms with Gasteiger partial charge in [0.15, 0.2) is 6.04 Å². The smallest absolute Gasteiger partial charge is 0.475 e. The number of alkyl halides is 3. The first-order chi connectivity index (χ1) is 23.2. The summed E-state index contributed by atoms with van der Waals surface area (Å²) in [5.41, 5.74) is 0.292. The molecule has 1 fully saturated rings. The molecule has 1 saturated heterocycles. The molecule has 2 aliphatic rings. The lowest BCUT2D eigenvalue weighted by Gasteiger charge is -2.32. The Morgan fingerprint density at radius 3 is 2.35 bits per heavy atom. The normalized spacial score (nSPS) is 16.1. The summed E-state index contributed by atoms with van der Waals surface area (Å²) in [6.07, 6.45) is -0.618. The summed E-state index contributed by atoms with van der Waals surface area (Å²) in [5, 5.41) is 14.8. The predicted octanol–water partition coefficient (Wildman–Crippen LogP) is 1.73. The van der Waals surface area contributed by atoms with Crippen LogP contribution in [0.3, 0.4) is 0 Å². The fourth-order valence-electron chi connectivity index (χ4n) is 5.08. The molecule has 5 amide bonds. The summed E-state index contributed by atoms with van der Waals surface area (Å²) in [6, 6.07) is 6.34. The summed E-state index contributed by atoms with van der Waals surface area (Å²) in [4.78, 5) is 89.1. The number of carbonyl (C=O) groups is 6. The van der Waals surface area contributed by atoms with Gasteiger partial charge in [-0.15, -0.1) is 0 Å². The van der Waals surface area contributed by atoms with Gasteiger partial charge in [-0.05, 0) is 43.2 Å². The first-order valence-corrected chi connectivity index (χ1v) is 14.5. The highest BCUT2D eigenvalue weighted by Crippen LogP contribution is 2.38. The van der Waals surface area contributed by atoms with Gasteiger partial charge >= 0.3 is 12.1 Å². The zero-order valence-corrected chi connectivity index (χ0v) is 25.5. The van der Waals surface area contributed by atoms with E-state index in [0.29, 0.717) is 5.56 Å². The molecule has 4 heterocycles. The number of amides is 5. The number of hydrogen-bond donors (Lipinski definition) is 4. The second kappa shape index (κ2) is 15.3. The van der Waals surface area contributed by atoms with E-state index in [4.69, 9.17) is 9.90 Å². The molecule has 5 rings (SSSR count). The molecule has 0 saturated carbocycles. The van der Waals surface area contributed by atoms with E-state index >= 15 is 4.39 Å². The zero-order valence-electron chi connectivity index (χ0n) is 25.5. The van der Waals surface area contributed by atoms with E-state index in [0.717, 1.165) is 11.0 Å². The van der Waals surface area contributed by atoms with Crippen molar-refractivity contribution in [3.8, 4) is 0 Å². The molecular formula is C30H28F4N8O7. The molecule has 2 atom stereocenters. The average molecular weight is 689 g/mol. The predicted molar refractivity (Wildman–Crippen MR) is 160 cm³/mol. The second-order valence-electron chi connectivity index (χ2n) is 10.4. The van der Waals surface area contributed by atoms with Crippen LogP contribution in [0.5, 0.6) is 0 Å². The Morgan fingerprint density at radius 2 is 1.73 bits per heavy atom. The van der Waals surface area contributed by atoms with Crippen LogP contribution in [0.15, 0.2) is 55.0 Å². The van der Waals surface area contributed by atoms with E-state index in [9.17, 15) is 37.1 Å². The summed E-state index contributed by atoms with van der Waals surface area (Å²) in [7, 11) is 0. The van der Waals surface area contributed by atoms with Crippen LogP contribution in [0.2, 0.25) is 0 Å². The molecule has 0 spiro atoms. The zero-order chi connectivity index (χ0) is 35.9. The number of benzene rings is 1. The van der Waals surface area contributed by atoms with Crippen molar-refractivity contribution in [3.63, 3.8) is 0 Å². The first-order valence-electron chi connectivity index (χ1n) is 14.5. The quantitative estimate of drug-likeness (QED) is 0.188. The number of fused-ring (bicyclic) bond motifs is 1. The van der Waals surface area contributed by atoms with Crippen LogP contribution >= 0.6 is 0 Å². The summed E-state index contributed by atoms with van der Waals surface area (Å²) in [6.45, 7) is 1.47. The number of halogens is 4. The molecular weight excluding hydrogens is 660 g/mol. The number of aromatic nitrogens is 3. The SMILES string of the molecule is CCNC(=O)C(c1ncccc1F)N(C(=O)CNc1ncccn1)c1cccc2c1C(=O)N(C1CCC(=O)NC1=O)C2.O=C(O)C(F)(F)F. The minimum Gasteiger partial charge on any atom is -0.475 e. The molecule has 0 radical (unpaired) electrons. The number of aliphatic carboxylic acids is 1. The number of carboxylic acids is 1. The largest absolute Gasteiger partial charge is 0.490 e. The van der Waals surface area contributed by atoms with Crippen LogP contribution in [-0.4, -0.2) is 85.8 Å². The van der Waals surface area contributed by atoms with Crippen LogP contribution in [0.25, 0.3) is 0 Å². The van der Waals surface area contributed by atoms with Crippen molar-refractivity contribution >= 4 is 47.1 Å². The lowest BCUT2D eigenvalue weighted by atomic mass is 10.0. The molecule has 19 heteroatoms. The van der Waals surface area contributed by atoms with E-state index in [-0.39, 0.29) is 48.8 Å². The minimum atomic E-state index is -5.08. The number of carboxylic acid groups (broad SMARTS) is 1. The number of nitrogens with one attached hydrogen (secondary N) is 3. The second-order valence-corrected chi connectivity index (χ2v) is 10.4. The molecule has 258 valence electrons. The average Bonchev–Trinajstić information content (AvgIpc) is 3.39. The van der Waals surface area contributed by atoms with Crippen molar-refractivity contribution in [2.75, 3.05) is 23.3 Å². The molecule has 2 aromatic heterocycles. The van der Waals surface area contributed by atoms with E-state index in [1.165, 1.54) is 35.6 Å². The summed E-state index contributed by atoms with van der Waals surface area (Å²) >= 11 is 0. The number of carbonyl (C=O) groups excluding carboxylic acids is 5. The third-order valence-corrected chi connectivity index (χ3v) is 7.17. The molecule has 0 bridgehead atoms. The number of pyridine rings is 1. The van der Waals surface area contributed by atoms with Gasteiger partial charge in [-0.1, -0.05) is 12.1 Å². The summed E-state index contributed by atoms with van der Waals surface area (Å²) in [5.74, 6) is -6.44. The van der Waals surface area contributed by atoms with Crippen molar-refractivity contribution in [3.05, 3.63) is 77.6 Å². The maximum atomic E-state index is 15.2. The van der Waals surface area contributed by atoms with Crippen LogP contribution in [0.1, 0.15) is 47.4 Å². The highest BCUT2D eigenvalue weighted by atomic mass is 19.4. The van der Waals surface area contributed by atoms with Gasteiger partial charge in [0.2, 0.25) is 29.6 Å². The van der Waals surface area contributed by atoms with Crippen molar-refractivity contribution in [1.29, 1.82) is 0 Å². The standard InChI is InChI=1S/C28H27FN8O5.C2HF3O2/c1-2-30-26(41)24(23-17(29)7-4-11-31-23)37(21(39)14-34-28-32-12-5-13-33-28)18-8-3-6-16-15-36(27(42)22(16)18)19-9-10-20(38)35-25(19)40;3-2(4,5)1(6)7/h3-8,11-13,19,24H,2,9-10,14-15H2,1H3,(H,30,41)(H,32,33,34)(H,35,38,40);(H,6,7). The number of rotatable bonds is 9. The lowest BCUT2D eigenvalue weighted by molar-refractivity contribution is -0.192. The topological polar surface area (TPSA) is 204 Å². The highest BCUT2D eigenvalue weighted by Gasteiger charge is 2.44. The van der Waals surface area contributed by atoms with E-state index < -0.39 is 66.1 Å². The third-order valence-electron chi connectivity index (χ3n) is 7.17. The molecule has 2 unspecified atom stereocenters. The number of nitrogens with zero attached hydrogens (tertiary/aromatic N) is 5. The maximum absolute atomic E-state index is 15.2. The fraction of sp³-hybridized carbons (Fsp3) is 0.300. The molecule has 1 aromatic carbocycles. The summed E-state index contributed by atoms with van der Waals surface area (Å²) < 4.78 is 46.9. The van der Waals surface area contributed by atoms with Crippen LogP contribution in [0, 0.1) is 5.82 Å². The highest BCUT2D eigenvalue weighted by molar-refractivity contribution is 6.12. The van der Waals surface area contributed by atoms with Gasteiger partial charge in [0, 0.05) is 38.1 Å². The van der Waals surface area contributed by atoms with Gasteiger partial charge in [0.05, 0.1) is 17.8 Å². The van der Waals surface area contributed by atoms with Crippen molar-refractivity contribution in [1.82, 2.24) is 30.5 Å². The van der Waals surface area contributed by atoms with Crippen molar-refractivity contribution in [2.24, 2.45) is 0 Å². The Bertz CT molecular complexity index is 1760. The Hall–Kier alpha value is -6.01. The van der Waals surface area contributed by atoms with Crippen LogP contribution in [0.4, 0.5) is 29.2 Å². The van der Waals surface area contributed by atoms with Gasteiger partial charge in [-0.25, -0.2) is 19.2 Å². The number of imide groups is 1. The van der Waals surface area contributed by atoms with E-state index in [1.54, 1.807) is 25.1 Å². The van der Waals surface area contributed by atoms with Gasteiger partial charge in [-0.2, -0.15) is 13.2 Å². The van der Waals surface area contributed by atoms with Crippen molar-refractivity contribution < 1.29 is 51.4 Å². The van der Waals surface area contributed by atoms with Crippen LogP contribution in [-0.2, 0) is 30.5 Å². The first kappa shape index (κ1) is 35.8. The minimum absolute atomic E-state index is 0.0365. The molecule has 2 aliphatic heterocycles. The molecule has 4 N–H and O–H groups in total. The number of hydrogen-bond acceptors (Lipinski definition) is 10. The Labute approximate surface area is 274 Å². The molecule has 15 nitrogen and oxygen atoms in total. The maximum Gasteiger partial charge on any atom is 0.490 e. The Kier molecular flexibility index (Phi) is 11.2. The van der Waals surface area contributed by atoms with E-state index in [1.807, 2.05) is 0 Å². The lowest BCUT2D eigenvalue weighted by Crippen LogP contribution is -2.52. The number of likely N-dealkylation sites (N-methyl/N-ethyl adjacent to an activating group) is 1. The van der Waals surface area contributed by atoms with Gasteiger partial charge < -0.3 is 20.6 Å². The fourth-order valence-corrected chi connectivity index (χ4v) is 5.08.